The Morgan fingerprint density at radius 2 is 1.87 bits per heavy atom. The van der Waals surface area contributed by atoms with Crippen molar-refractivity contribution in [3.63, 3.8) is 0 Å². The van der Waals surface area contributed by atoms with Gasteiger partial charge in [-0.15, -0.1) is 0 Å². The Hall–Kier alpha value is -0.570. The van der Waals surface area contributed by atoms with Gasteiger partial charge in [-0.2, -0.15) is 0 Å². The van der Waals surface area contributed by atoms with Crippen LogP contribution in [-0.4, -0.2) is 3.96 Å². The summed E-state index contributed by atoms with van der Waals surface area (Å²) in [7, 11) is 1.83. The second-order valence-corrected chi connectivity index (χ2v) is 5.06. The van der Waals surface area contributed by atoms with E-state index < -0.39 is 0 Å². The number of nitrogens with zero attached hydrogens (tertiary/aromatic N) is 1. The summed E-state index contributed by atoms with van der Waals surface area (Å²) >= 11 is 1.51. The SMILES string of the molecule is CCCCCCCCc1csn(C)c1=O. The quantitative estimate of drug-likeness (QED) is 0.655. The second kappa shape index (κ2) is 6.83. The van der Waals surface area contributed by atoms with Crippen LogP contribution in [0.3, 0.4) is 0 Å². The van der Waals surface area contributed by atoms with E-state index in [4.69, 9.17) is 0 Å². The van der Waals surface area contributed by atoms with Gasteiger partial charge in [0, 0.05) is 18.0 Å². The molecule has 0 saturated heterocycles. The summed E-state index contributed by atoms with van der Waals surface area (Å²) in [6.45, 7) is 2.23. The predicted octanol–water partition coefficient (Wildman–Crippen LogP) is 3.35. The van der Waals surface area contributed by atoms with Crippen LogP contribution in [0, 0.1) is 0 Å². The molecule has 0 bridgehead atoms. The Kier molecular flexibility index (Phi) is 5.69. The fourth-order valence-electron chi connectivity index (χ4n) is 1.70. The van der Waals surface area contributed by atoms with E-state index in [2.05, 4.69) is 6.92 Å². The first-order valence-corrected chi connectivity index (χ1v) is 6.73. The Balaban J connectivity index is 2.15. The number of aromatic nitrogens is 1. The molecule has 0 fully saturated rings. The van der Waals surface area contributed by atoms with Crippen LogP contribution in [0.5, 0.6) is 0 Å². The van der Waals surface area contributed by atoms with Crippen molar-refractivity contribution in [2.75, 3.05) is 0 Å². The first-order chi connectivity index (χ1) is 7.25. The molecule has 86 valence electrons. The molecule has 0 unspecified atom stereocenters. The molecule has 0 aliphatic carbocycles. The smallest absolute Gasteiger partial charge is 0.263 e. The van der Waals surface area contributed by atoms with Gasteiger partial charge in [-0.3, -0.25) is 8.75 Å². The van der Waals surface area contributed by atoms with Gasteiger partial charge < -0.3 is 0 Å². The van der Waals surface area contributed by atoms with E-state index >= 15 is 0 Å². The lowest BCUT2D eigenvalue weighted by Gasteiger charge is -1.98. The minimum atomic E-state index is 0.202. The lowest BCUT2D eigenvalue weighted by atomic mass is 10.1. The summed E-state index contributed by atoms with van der Waals surface area (Å²) < 4.78 is 1.70. The fraction of sp³-hybridized carbons (Fsp3) is 0.750. The molecule has 0 aromatic carbocycles. The summed E-state index contributed by atoms with van der Waals surface area (Å²) in [6.07, 6.45) is 8.69. The van der Waals surface area contributed by atoms with Gasteiger partial charge in [0.05, 0.1) is 0 Å². The lowest BCUT2D eigenvalue weighted by Crippen LogP contribution is -2.12. The van der Waals surface area contributed by atoms with E-state index in [0.29, 0.717) is 0 Å². The van der Waals surface area contributed by atoms with E-state index in [1.165, 1.54) is 43.6 Å². The average molecular weight is 227 g/mol. The normalized spacial score (nSPS) is 10.8. The van der Waals surface area contributed by atoms with Crippen molar-refractivity contribution in [3.8, 4) is 0 Å². The molecule has 0 aliphatic rings. The largest absolute Gasteiger partial charge is 0.268 e. The van der Waals surface area contributed by atoms with Crippen LogP contribution in [-0.2, 0) is 13.5 Å². The molecule has 0 saturated carbocycles. The molecule has 0 aliphatic heterocycles. The highest BCUT2D eigenvalue weighted by atomic mass is 32.1. The zero-order chi connectivity index (χ0) is 11.1. The van der Waals surface area contributed by atoms with E-state index in [1.54, 1.807) is 3.96 Å². The van der Waals surface area contributed by atoms with Crippen LogP contribution >= 0.6 is 11.5 Å². The van der Waals surface area contributed by atoms with Gasteiger partial charge in [0.15, 0.2) is 0 Å². The van der Waals surface area contributed by atoms with Crippen LogP contribution in [0.1, 0.15) is 51.0 Å². The van der Waals surface area contributed by atoms with Gasteiger partial charge in [0.2, 0.25) is 0 Å². The highest BCUT2D eigenvalue weighted by Crippen LogP contribution is 2.08. The Morgan fingerprint density at radius 1 is 1.20 bits per heavy atom. The van der Waals surface area contributed by atoms with Crippen molar-refractivity contribution in [1.29, 1.82) is 0 Å². The third kappa shape index (κ3) is 4.20. The molecule has 15 heavy (non-hydrogen) atoms. The number of unbranched alkanes of at least 4 members (excludes halogenated alkanes) is 5. The molecule has 1 aromatic rings. The number of hydrogen-bond donors (Lipinski definition) is 0. The van der Waals surface area contributed by atoms with E-state index in [1.807, 2.05) is 12.4 Å². The van der Waals surface area contributed by atoms with Gasteiger partial charge in [0.25, 0.3) is 5.56 Å². The number of aryl methyl sites for hydroxylation is 2. The van der Waals surface area contributed by atoms with Gasteiger partial charge in [-0.1, -0.05) is 50.6 Å². The molecule has 0 N–H and O–H groups in total. The summed E-state index contributed by atoms with van der Waals surface area (Å²) in [4.78, 5) is 11.5. The molecule has 0 spiro atoms. The summed E-state index contributed by atoms with van der Waals surface area (Å²) in [5, 5.41) is 1.99. The first kappa shape index (κ1) is 12.5. The Labute approximate surface area is 96.1 Å². The van der Waals surface area contributed by atoms with Crippen LogP contribution in [0.15, 0.2) is 10.2 Å². The molecule has 1 aromatic heterocycles. The fourth-order valence-corrected chi connectivity index (χ4v) is 2.42. The van der Waals surface area contributed by atoms with Crippen LogP contribution in [0.4, 0.5) is 0 Å². The van der Waals surface area contributed by atoms with Gasteiger partial charge in [-0.25, -0.2) is 0 Å². The van der Waals surface area contributed by atoms with Crippen LogP contribution < -0.4 is 5.56 Å². The van der Waals surface area contributed by atoms with E-state index in [0.717, 1.165) is 18.4 Å². The van der Waals surface area contributed by atoms with Crippen molar-refractivity contribution in [1.82, 2.24) is 3.96 Å². The van der Waals surface area contributed by atoms with Crippen molar-refractivity contribution in [2.24, 2.45) is 7.05 Å². The summed E-state index contributed by atoms with van der Waals surface area (Å²) in [5.41, 5.74) is 1.20. The minimum absolute atomic E-state index is 0.202. The lowest BCUT2D eigenvalue weighted by molar-refractivity contribution is 0.606. The zero-order valence-corrected chi connectivity index (χ0v) is 10.6. The maximum Gasteiger partial charge on any atom is 0.263 e. The monoisotopic (exact) mass is 227 g/mol. The topological polar surface area (TPSA) is 22.0 Å². The first-order valence-electron chi connectivity index (χ1n) is 5.89. The highest BCUT2D eigenvalue weighted by Gasteiger charge is 2.02. The third-order valence-corrected chi connectivity index (χ3v) is 3.59. The molecular formula is C12H21NOS. The molecular weight excluding hydrogens is 206 g/mol. The predicted molar refractivity (Wildman–Crippen MR) is 66.6 cm³/mol. The number of rotatable bonds is 7. The van der Waals surface area contributed by atoms with Crippen molar-refractivity contribution in [2.45, 2.75) is 51.9 Å². The second-order valence-electron chi connectivity index (χ2n) is 4.07. The minimum Gasteiger partial charge on any atom is -0.268 e. The van der Waals surface area contributed by atoms with Crippen molar-refractivity contribution < 1.29 is 0 Å². The van der Waals surface area contributed by atoms with Crippen molar-refractivity contribution >= 4 is 11.5 Å². The Morgan fingerprint density at radius 3 is 2.47 bits per heavy atom. The summed E-state index contributed by atoms with van der Waals surface area (Å²) in [5.74, 6) is 0. The maximum atomic E-state index is 11.5. The van der Waals surface area contributed by atoms with E-state index in [-0.39, 0.29) is 5.56 Å². The molecule has 3 heteroatoms. The van der Waals surface area contributed by atoms with Crippen LogP contribution in [0.25, 0.3) is 0 Å². The molecule has 0 atom stereocenters. The Bertz CT molecular complexity index is 327. The molecule has 0 amide bonds. The highest BCUT2D eigenvalue weighted by molar-refractivity contribution is 7.04. The molecule has 1 heterocycles. The molecule has 1 rings (SSSR count). The van der Waals surface area contributed by atoms with Crippen LogP contribution in [0.2, 0.25) is 0 Å². The van der Waals surface area contributed by atoms with E-state index in [9.17, 15) is 4.79 Å². The average Bonchev–Trinajstić information content (AvgIpc) is 2.54. The van der Waals surface area contributed by atoms with Crippen molar-refractivity contribution in [3.05, 3.63) is 21.3 Å². The standard InChI is InChI=1S/C12H21NOS/c1-3-4-5-6-7-8-9-11-10-15-13(2)12(11)14/h10H,3-9H2,1-2H3. The molecule has 2 nitrogen and oxygen atoms in total. The summed E-state index contributed by atoms with van der Waals surface area (Å²) in [6, 6.07) is 0. The third-order valence-electron chi connectivity index (χ3n) is 2.71. The number of hydrogen-bond acceptors (Lipinski definition) is 2. The molecule has 0 radical (unpaired) electrons. The van der Waals surface area contributed by atoms with Gasteiger partial charge >= 0.3 is 0 Å². The maximum absolute atomic E-state index is 11.5. The zero-order valence-electron chi connectivity index (χ0n) is 9.79. The van der Waals surface area contributed by atoms with Gasteiger partial charge in [-0.05, 0) is 12.8 Å². The van der Waals surface area contributed by atoms with Gasteiger partial charge in [0.1, 0.15) is 0 Å².